The molecular weight excluding hydrogens is 457 g/mol. The summed E-state index contributed by atoms with van der Waals surface area (Å²) in [5.41, 5.74) is 0.803. The zero-order valence-corrected chi connectivity index (χ0v) is 21.9. The molecule has 4 fully saturated rings. The quantitative estimate of drug-likeness (QED) is 0.616. The van der Waals surface area contributed by atoms with Crippen LogP contribution in [0.2, 0.25) is 0 Å². The van der Waals surface area contributed by atoms with Crippen LogP contribution in [0.1, 0.15) is 71.6 Å². The largest absolute Gasteiger partial charge is 0.390 e. The summed E-state index contributed by atoms with van der Waals surface area (Å²) in [6.45, 7) is 5.32. The van der Waals surface area contributed by atoms with E-state index in [-0.39, 0.29) is 34.9 Å². The van der Waals surface area contributed by atoms with Gasteiger partial charge >= 0.3 is 0 Å². The lowest BCUT2D eigenvalue weighted by Gasteiger charge is -2.62. The third-order valence-corrected chi connectivity index (χ3v) is 11.2. The number of hydrogen-bond donors (Lipinski definition) is 1. The molecule has 4 saturated carbocycles. The Balaban J connectivity index is 1.24. The normalized spacial score (nSPS) is 42.1. The topological polar surface area (TPSA) is 77.2 Å². The molecule has 0 saturated heterocycles. The van der Waals surface area contributed by atoms with Crippen LogP contribution in [0.4, 0.5) is 4.39 Å². The number of aliphatic hydroxyl groups is 1. The van der Waals surface area contributed by atoms with Crippen molar-refractivity contribution in [3.8, 4) is 0 Å². The Morgan fingerprint density at radius 1 is 1.14 bits per heavy atom. The molecule has 196 valence electrons. The first kappa shape index (κ1) is 24.5. The molecule has 4 aliphatic carbocycles. The molecule has 1 heterocycles. The fourth-order valence-electron chi connectivity index (χ4n) is 9.62. The molecule has 6 rings (SSSR count). The van der Waals surface area contributed by atoms with E-state index in [1.807, 2.05) is 14.0 Å². The maximum absolute atomic E-state index is 13.8. The average molecular weight is 498 g/mol. The lowest BCUT2D eigenvalue weighted by atomic mass is 9.43. The second-order valence-corrected chi connectivity index (χ2v) is 13.0. The molecule has 0 radical (unpaired) electrons. The summed E-state index contributed by atoms with van der Waals surface area (Å²) in [4.78, 5) is 13.7. The Hall–Kier alpha value is -1.86. The summed E-state index contributed by atoms with van der Waals surface area (Å²) in [6.07, 6.45) is 9.37. The molecule has 6 nitrogen and oxygen atoms in total. The van der Waals surface area contributed by atoms with Gasteiger partial charge in [0.15, 0.2) is 5.78 Å². The molecule has 2 aromatic rings. The smallest absolute Gasteiger partial charge is 0.157 e. The monoisotopic (exact) mass is 497 g/mol. The van der Waals surface area contributed by atoms with E-state index in [2.05, 4.69) is 17.2 Å². The number of fused-ring (bicyclic) bond motifs is 6. The SMILES string of the molecule is COC[C@]12CC[C@@](C)(O)C[C@@H]1CC[C@H]1[C@@H]3CC[C@H](C(=O)Cn4nnc5ccc(F)cc54)[C@@]3(C)CC[C@@H]12. The van der Waals surface area contributed by atoms with Gasteiger partial charge in [-0.1, -0.05) is 12.1 Å². The van der Waals surface area contributed by atoms with E-state index in [0.717, 1.165) is 58.0 Å². The predicted octanol–water partition coefficient (Wildman–Crippen LogP) is 5.18. The van der Waals surface area contributed by atoms with Crippen LogP contribution in [0, 0.1) is 46.2 Å². The summed E-state index contributed by atoms with van der Waals surface area (Å²) in [5.74, 6) is 2.19. The number of carbonyl (C=O) groups is 1. The van der Waals surface area contributed by atoms with E-state index in [0.29, 0.717) is 34.7 Å². The average Bonchev–Trinajstić information content (AvgIpc) is 3.39. The number of ether oxygens (including phenoxy) is 1. The summed E-state index contributed by atoms with van der Waals surface area (Å²) in [5, 5.41) is 19.2. The fourth-order valence-corrected chi connectivity index (χ4v) is 9.62. The van der Waals surface area contributed by atoms with Crippen LogP contribution < -0.4 is 0 Å². The van der Waals surface area contributed by atoms with Gasteiger partial charge in [0.1, 0.15) is 17.9 Å². The number of ketones is 1. The van der Waals surface area contributed by atoms with Gasteiger partial charge < -0.3 is 9.84 Å². The standard InChI is InChI=1S/C29H40FN3O3/c1-27(35)12-13-29(17-36-3)18(15-27)4-6-20-21-7-8-23(28(21,2)11-10-22(20)29)26(34)16-33-25-14-19(30)5-9-24(25)31-32-33/h5,9,14,18,20-23,35H,4,6-8,10-13,15-17H2,1-3H3/t18-,20-,21-,22-,23+,27+,28-,29+/m0/s1. The van der Waals surface area contributed by atoms with Crippen LogP contribution in [-0.4, -0.2) is 45.2 Å². The van der Waals surface area contributed by atoms with Crippen molar-refractivity contribution in [2.24, 2.45) is 40.4 Å². The van der Waals surface area contributed by atoms with Gasteiger partial charge in [-0.15, -0.1) is 5.10 Å². The highest BCUT2D eigenvalue weighted by atomic mass is 19.1. The third-order valence-electron chi connectivity index (χ3n) is 11.2. The lowest BCUT2D eigenvalue weighted by molar-refractivity contribution is -0.175. The van der Waals surface area contributed by atoms with Gasteiger partial charge in [-0.2, -0.15) is 0 Å². The summed E-state index contributed by atoms with van der Waals surface area (Å²) in [7, 11) is 1.83. The van der Waals surface area contributed by atoms with Gasteiger partial charge in [0, 0.05) is 19.1 Å². The second-order valence-electron chi connectivity index (χ2n) is 13.0. The third kappa shape index (κ3) is 3.67. The number of benzene rings is 1. The van der Waals surface area contributed by atoms with Gasteiger partial charge in [0.05, 0.1) is 17.7 Å². The van der Waals surface area contributed by atoms with E-state index in [1.165, 1.54) is 18.6 Å². The van der Waals surface area contributed by atoms with E-state index in [4.69, 9.17) is 4.74 Å². The molecule has 0 aliphatic heterocycles. The Labute approximate surface area is 213 Å². The molecule has 36 heavy (non-hydrogen) atoms. The van der Waals surface area contributed by atoms with Gasteiger partial charge in [0.25, 0.3) is 0 Å². The Morgan fingerprint density at radius 3 is 2.78 bits per heavy atom. The van der Waals surface area contributed by atoms with Gasteiger partial charge in [-0.25, -0.2) is 9.07 Å². The minimum absolute atomic E-state index is 0.00113. The Bertz CT molecular complexity index is 1160. The summed E-state index contributed by atoms with van der Waals surface area (Å²) in [6, 6.07) is 4.41. The molecule has 4 aliphatic rings. The van der Waals surface area contributed by atoms with E-state index < -0.39 is 5.60 Å². The number of methoxy groups -OCH3 is 1. The predicted molar refractivity (Wildman–Crippen MR) is 135 cm³/mol. The van der Waals surface area contributed by atoms with Crippen molar-refractivity contribution >= 4 is 16.8 Å². The molecule has 0 spiro atoms. The number of Topliss-reactive ketones (excluding diaryl/α,β-unsaturated/α-hetero) is 1. The van der Waals surface area contributed by atoms with Gasteiger partial charge in [-0.05, 0) is 111 Å². The first-order chi connectivity index (χ1) is 17.2. The minimum atomic E-state index is -0.558. The fraction of sp³-hybridized carbons (Fsp3) is 0.759. The highest BCUT2D eigenvalue weighted by Gasteiger charge is 2.63. The molecule has 1 aromatic carbocycles. The van der Waals surface area contributed by atoms with Gasteiger partial charge in [-0.3, -0.25) is 4.79 Å². The van der Waals surface area contributed by atoms with E-state index >= 15 is 0 Å². The van der Waals surface area contributed by atoms with Crippen LogP contribution in [0.5, 0.6) is 0 Å². The highest BCUT2D eigenvalue weighted by Crippen LogP contribution is 2.68. The zero-order chi connectivity index (χ0) is 25.3. The first-order valence-corrected chi connectivity index (χ1v) is 13.9. The van der Waals surface area contributed by atoms with Crippen molar-refractivity contribution < 1.29 is 19.0 Å². The molecule has 8 atom stereocenters. The summed E-state index contributed by atoms with van der Waals surface area (Å²) < 4.78 is 21.3. The second kappa shape index (κ2) is 8.59. The Kier molecular flexibility index (Phi) is 5.84. The number of halogens is 1. The van der Waals surface area contributed by atoms with Crippen molar-refractivity contribution in [1.82, 2.24) is 15.0 Å². The van der Waals surface area contributed by atoms with Crippen LogP contribution in [0.25, 0.3) is 11.0 Å². The number of hydrogen-bond acceptors (Lipinski definition) is 5. The maximum Gasteiger partial charge on any atom is 0.157 e. The zero-order valence-electron chi connectivity index (χ0n) is 21.9. The van der Waals surface area contributed by atoms with E-state index in [9.17, 15) is 14.3 Å². The highest BCUT2D eigenvalue weighted by molar-refractivity contribution is 5.84. The lowest BCUT2D eigenvalue weighted by Crippen LogP contribution is -2.58. The molecular formula is C29H40FN3O3. The minimum Gasteiger partial charge on any atom is -0.390 e. The molecule has 1 aromatic heterocycles. The number of carbonyl (C=O) groups excluding carboxylic acids is 1. The number of aromatic nitrogens is 3. The molecule has 1 N–H and O–H groups in total. The van der Waals surface area contributed by atoms with Crippen molar-refractivity contribution in [3.63, 3.8) is 0 Å². The summed E-state index contributed by atoms with van der Waals surface area (Å²) >= 11 is 0. The molecule has 0 unspecified atom stereocenters. The molecule has 0 bridgehead atoms. The first-order valence-electron chi connectivity index (χ1n) is 13.9. The van der Waals surface area contributed by atoms with Crippen molar-refractivity contribution in [2.45, 2.75) is 83.8 Å². The Morgan fingerprint density at radius 2 is 1.97 bits per heavy atom. The van der Waals surface area contributed by atoms with Crippen LogP contribution in [-0.2, 0) is 16.1 Å². The van der Waals surface area contributed by atoms with Gasteiger partial charge in [0.2, 0.25) is 0 Å². The molecule has 7 heteroatoms. The van der Waals surface area contributed by atoms with Crippen molar-refractivity contribution in [2.75, 3.05) is 13.7 Å². The van der Waals surface area contributed by atoms with Crippen molar-refractivity contribution in [1.29, 1.82) is 0 Å². The van der Waals surface area contributed by atoms with Crippen LogP contribution in [0.15, 0.2) is 18.2 Å². The van der Waals surface area contributed by atoms with E-state index in [1.54, 1.807) is 10.7 Å². The number of rotatable bonds is 5. The van der Waals surface area contributed by atoms with Crippen LogP contribution >= 0.6 is 0 Å². The van der Waals surface area contributed by atoms with Crippen LogP contribution in [0.3, 0.4) is 0 Å². The van der Waals surface area contributed by atoms with Crippen molar-refractivity contribution in [3.05, 3.63) is 24.0 Å². The number of nitrogens with zero attached hydrogens (tertiary/aromatic N) is 3. The molecule has 0 amide bonds. The maximum atomic E-state index is 13.8.